The van der Waals surface area contributed by atoms with Crippen LogP contribution in [0.15, 0.2) is 60.9 Å². The summed E-state index contributed by atoms with van der Waals surface area (Å²) in [7, 11) is 0. The maximum absolute atomic E-state index is 10.5. The number of carbonyl (C=O) groups excluding carboxylic acids is 2. The first-order valence-electron chi connectivity index (χ1n) is 9.39. The minimum absolute atomic E-state index is 0. The van der Waals surface area contributed by atoms with Gasteiger partial charge in [0.25, 0.3) is 0 Å². The van der Waals surface area contributed by atoms with Gasteiger partial charge in [0.2, 0.25) is 0 Å². The summed E-state index contributed by atoms with van der Waals surface area (Å²) in [5.74, 6) is -2.44. The third-order valence-electron chi connectivity index (χ3n) is 4.83. The van der Waals surface area contributed by atoms with Crippen LogP contribution in [0.5, 0.6) is 0 Å². The van der Waals surface area contributed by atoms with E-state index in [-0.39, 0.29) is 72.0 Å². The molecule has 4 rings (SSSR count). The number of nitrogens with two attached hydrogens (primary N) is 2. The zero-order valence-electron chi connectivity index (χ0n) is 18.1. The van der Waals surface area contributed by atoms with Crippen LogP contribution in [-0.4, -0.2) is 34.0 Å². The summed E-state index contributed by atoms with van der Waals surface area (Å²) in [6.07, 6.45) is 4.14. The molecule has 2 atom stereocenters. The molecule has 2 aromatic carbocycles. The average Bonchev–Trinajstić information content (AvgIpc) is 3.33. The van der Waals surface area contributed by atoms with Gasteiger partial charge in [-0.3, -0.25) is 0 Å². The van der Waals surface area contributed by atoms with Crippen molar-refractivity contribution >= 4 is 33.7 Å². The summed E-state index contributed by atoms with van der Waals surface area (Å²) in [5, 5.41) is 23.0. The predicted molar refractivity (Wildman–Crippen MR) is 110 cm³/mol. The van der Waals surface area contributed by atoms with Crippen LogP contribution >= 0.6 is 0 Å². The standard InChI is InChI=1S/2C11H12N2O2.2Na/c2*12-9(11(14)15)5-7-6-13-10-4-2-1-3-8(7)10;;/h2*1-4,6,9,13H,5,12H2,(H,14,15);;/q;;2*+1/p-2/t2*9-;;/m00../s1. The maximum atomic E-state index is 10.5. The van der Waals surface area contributed by atoms with Crippen molar-refractivity contribution in [1.82, 2.24) is 9.97 Å². The second-order valence-corrected chi connectivity index (χ2v) is 6.98. The first kappa shape index (κ1) is 28.4. The van der Waals surface area contributed by atoms with E-state index in [2.05, 4.69) is 9.97 Å². The van der Waals surface area contributed by atoms with Crippen LogP contribution in [0.25, 0.3) is 21.8 Å². The number of benzene rings is 2. The van der Waals surface area contributed by atoms with Crippen LogP contribution in [0.4, 0.5) is 0 Å². The van der Waals surface area contributed by atoms with Crippen LogP contribution in [0.2, 0.25) is 0 Å². The van der Waals surface area contributed by atoms with Crippen molar-refractivity contribution in [2.45, 2.75) is 24.9 Å². The Morgan fingerprint density at radius 1 is 0.719 bits per heavy atom. The van der Waals surface area contributed by atoms with Crippen molar-refractivity contribution in [3.05, 3.63) is 72.1 Å². The fraction of sp³-hybridized carbons (Fsp3) is 0.182. The molecule has 0 fully saturated rings. The molecule has 0 aliphatic heterocycles. The van der Waals surface area contributed by atoms with Gasteiger partial charge in [-0.15, -0.1) is 0 Å². The molecule has 8 nitrogen and oxygen atoms in total. The molecule has 0 saturated heterocycles. The van der Waals surface area contributed by atoms with Gasteiger partial charge in [-0.05, 0) is 36.1 Å². The summed E-state index contributed by atoms with van der Waals surface area (Å²) >= 11 is 0. The van der Waals surface area contributed by atoms with Crippen molar-refractivity contribution in [2.24, 2.45) is 11.5 Å². The van der Waals surface area contributed by atoms with Crippen molar-refractivity contribution in [2.75, 3.05) is 0 Å². The van der Waals surface area contributed by atoms with Gasteiger partial charge in [0.1, 0.15) is 0 Å². The number of carboxylic acid groups (broad SMARTS) is 2. The van der Waals surface area contributed by atoms with E-state index in [0.717, 1.165) is 32.9 Å². The molecule has 0 unspecified atom stereocenters. The molecule has 4 aromatic rings. The first-order valence-corrected chi connectivity index (χ1v) is 9.39. The molecule has 10 heteroatoms. The number of fused-ring (bicyclic) bond motifs is 2. The third kappa shape index (κ3) is 7.19. The number of rotatable bonds is 6. The molecule has 0 radical (unpaired) electrons. The Kier molecular flexibility index (Phi) is 11.7. The van der Waals surface area contributed by atoms with E-state index in [0.29, 0.717) is 0 Å². The summed E-state index contributed by atoms with van der Waals surface area (Å²) in [6.45, 7) is 0. The van der Waals surface area contributed by atoms with Crippen molar-refractivity contribution < 1.29 is 78.9 Å². The number of aromatic nitrogens is 2. The molecule has 2 aromatic heterocycles. The van der Waals surface area contributed by atoms with Crippen molar-refractivity contribution in [1.29, 1.82) is 0 Å². The van der Waals surface area contributed by atoms with E-state index in [4.69, 9.17) is 11.5 Å². The third-order valence-corrected chi connectivity index (χ3v) is 4.83. The fourth-order valence-corrected chi connectivity index (χ4v) is 3.24. The fourth-order valence-electron chi connectivity index (χ4n) is 3.24. The van der Waals surface area contributed by atoms with Gasteiger partial charge in [-0.25, -0.2) is 0 Å². The Labute approximate surface area is 229 Å². The normalized spacial score (nSPS) is 12.1. The number of aliphatic carboxylic acids is 2. The number of carboxylic acids is 2. The number of para-hydroxylation sites is 2. The number of hydrogen-bond acceptors (Lipinski definition) is 6. The van der Waals surface area contributed by atoms with Crippen molar-refractivity contribution in [3.63, 3.8) is 0 Å². The van der Waals surface area contributed by atoms with Gasteiger partial charge in [0.05, 0.1) is 11.9 Å². The molecule has 0 bridgehead atoms. The summed E-state index contributed by atoms with van der Waals surface area (Å²) in [5.41, 5.74) is 14.6. The monoisotopic (exact) mass is 452 g/mol. The SMILES string of the molecule is N[C@@H](Cc1c[nH]c2ccccc12)C(=O)[O-].N[C@@H](Cc1c[nH]c2ccccc12)C(=O)[O-].[Na+].[Na+]. The van der Waals surface area contributed by atoms with Gasteiger partial charge in [-0.2, -0.15) is 0 Å². The zero-order valence-corrected chi connectivity index (χ0v) is 22.1. The minimum Gasteiger partial charge on any atom is -0.548 e. The van der Waals surface area contributed by atoms with E-state index >= 15 is 0 Å². The molecule has 0 aliphatic rings. The van der Waals surface area contributed by atoms with Gasteiger partial charge in [0.15, 0.2) is 0 Å². The van der Waals surface area contributed by atoms with E-state index in [1.807, 2.05) is 48.5 Å². The van der Waals surface area contributed by atoms with E-state index < -0.39 is 24.0 Å². The zero-order chi connectivity index (χ0) is 21.7. The Morgan fingerprint density at radius 3 is 1.41 bits per heavy atom. The van der Waals surface area contributed by atoms with E-state index in [9.17, 15) is 19.8 Å². The summed E-state index contributed by atoms with van der Waals surface area (Å²) < 4.78 is 0. The average molecular weight is 452 g/mol. The predicted octanol–water partition coefficient (Wildman–Crippen LogP) is -6.42. The Hall–Kier alpha value is -1.62. The molecule has 156 valence electrons. The molecular formula is C22H22N4Na2O4. The number of H-pyrrole nitrogens is 2. The second kappa shape index (κ2) is 13.2. The maximum Gasteiger partial charge on any atom is 1.00 e. The molecule has 0 aliphatic carbocycles. The number of aromatic amines is 2. The quantitative estimate of drug-likeness (QED) is 0.213. The van der Waals surface area contributed by atoms with Crippen LogP contribution < -0.4 is 80.8 Å². The molecule has 0 saturated carbocycles. The smallest absolute Gasteiger partial charge is 0.548 e. The Balaban J connectivity index is 0.000000301. The number of hydrogen-bond donors (Lipinski definition) is 4. The molecule has 32 heavy (non-hydrogen) atoms. The van der Waals surface area contributed by atoms with E-state index in [1.165, 1.54) is 0 Å². The molecular weight excluding hydrogens is 430 g/mol. The van der Waals surface area contributed by atoms with Gasteiger partial charge < -0.3 is 41.2 Å². The minimum atomic E-state index is -1.22. The Morgan fingerprint density at radius 2 is 1.06 bits per heavy atom. The van der Waals surface area contributed by atoms with Gasteiger partial charge in [-0.1, -0.05) is 36.4 Å². The van der Waals surface area contributed by atoms with E-state index in [1.54, 1.807) is 12.4 Å². The van der Waals surface area contributed by atoms with Crippen LogP contribution in [-0.2, 0) is 22.4 Å². The summed E-state index contributed by atoms with van der Waals surface area (Å²) in [6, 6.07) is 13.5. The van der Waals surface area contributed by atoms with Crippen molar-refractivity contribution in [3.8, 4) is 0 Å². The largest absolute Gasteiger partial charge is 1.00 e. The topological polar surface area (TPSA) is 164 Å². The molecule has 6 N–H and O–H groups in total. The van der Waals surface area contributed by atoms with Crippen LogP contribution in [0.1, 0.15) is 11.1 Å². The molecule has 0 amide bonds. The summed E-state index contributed by atoms with van der Waals surface area (Å²) in [4.78, 5) is 27.2. The Bertz CT molecular complexity index is 1080. The molecule has 2 heterocycles. The second-order valence-electron chi connectivity index (χ2n) is 6.98. The molecule has 0 spiro atoms. The number of carbonyl (C=O) groups is 2. The van der Waals surface area contributed by atoms with Crippen LogP contribution in [0, 0.1) is 0 Å². The number of nitrogens with one attached hydrogen (secondary N) is 2. The van der Waals surface area contributed by atoms with Crippen LogP contribution in [0.3, 0.4) is 0 Å². The first-order chi connectivity index (χ1) is 14.4. The van der Waals surface area contributed by atoms with Gasteiger partial charge >= 0.3 is 59.1 Å². The van der Waals surface area contributed by atoms with Gasteiger partial charge in [0, 0.05) is 46.3 Å².